The van der Waals surface area contributed by atoms with Gasteiger partial charge in [-0.15, -0.1) is 11.3 Å². The van der Waals surface area contributed by atoms with Gasteiger partial charge in [0.25, 0.3) is 0 Å². The summed E-state index contributed by atoms with van der Waals surface area (Å²) in [4.78, 5) is 0. The first-order chi connectivity index (χ1) is 11.8. The van der Waals surface area contributed by atoms with E-state index < -0.39 is 0 Å². The zero-order valence-corrected chi connectivity index (χ0v) is 14.4. The van der Waals surface area contributed by atoms with Crippen LogP contribution in [0.15, 0.2) is 47.8 Å². The third-order valence-electron chi connectivity index (χ3n) is 3.78. The van der Waals surface area contributed by atoms with Crippen LogP contribution in [0.5, 0.6) is 11.5 Å². The van der Waals surface area contributed by atoms with E-state index in [-0.39, 0.29) is 13.2 Å². The molecule has 0 aliphatic carbocycles. The van der Waals surface area contributed by atoms with Gasteiger partial charge in [-0.1, -0.05) is 24.3 Å². The molecule has 2 N–H and O–H groups in total. The summed E-state index contributed by atoms with van der Waals surface area (Å²) in [5.41, 5.74) is 2.45. The molecule has 3 rings (SSSR count). The van der Waals surface area contributed by atoms with E-state index in [4.69, 9.17) is 14.6 Å². The lowest BCUT2D eigenvalue weighted by Gasteiger charge is -2.12. The number of aliphatic hydroxyl groups is 1. The Morgan fingerprint density at radius 2 is 1.96 bits per heavy atom. The van der Waals surface area contributed by atoms with Crippen LogP contribution in [0.2, 0.25) is 0 Å². The Labute approximate surface area is 145 Å². The molecule has 126 valence electrons. The van der Waals surface area contributed by atoms with Gasteiger partial charge < -0.3 is 19.9 Å². The van der Waals surface area contributed by atoms with Gasteiger partial charge in [-0.05, 0) is 40.1 Å². The molecule has 1 aromatic heterocycles. The van der Waals surface area contributed by atoms with Gasteiger partial charge in [0.05, 0.1) is 13.7 Å². The molecular weight excluding hydrogens is 322 g/mol. The minimum Gasteiger partial charge on any atom is -0.493 e. The summed E-state index contributed by atoms with van der Waals surface area (Å²) in [5.74, 6) is 1.34. The van der Waals surface area contributed by atoms with Crippen molar-refractivity contribution in [2.75, 3.05) is 20.3 Å². The SMILES string of the molecule is COc1cc(CNCc2csc3ccccc23)ccc1OCCO. The molecule has 0 aliphatic rings. The number of rotatable bonds is 8. The number of nitrogens with one attached hydrogen (secondary N) is 1. The molecular formula is C19H21NO3S. The van der Waals surface area contributed by atoms with E-state index in [1.54, 1.807) is 18.4 Å². The number of aliphatic hydroxyl groups excluding tert-OH is 1. The third kappa shape index (κ3) is 3.87. The van der Waals surface area contributed by atoms with Crippen LogP contribution in [0.4, 0.5) is 0 Å². The molecule has 0 saturated carbocycles. The average Bonchev–Trinajstić information content (AvgIpc) is 3.04. The van der Waals surface area contributed by atoms with Crippen LogP contribution in [0.25, 0.3) is 10.1 Å². The summed E-state index contributed by atoms with van der Waals surface area (Å²) in [6.45, 7) is 1.83. The van der Waals surface area contributed by atoms with Crippen LogP contribution in [0.1, 0.15) is 11.1 Å². The van der Waals surface area contributed by atoms with Gasteiger partial charge in [0.1, 0.15) is 6.61 Å². The zero-order valence-electron chi connectivity index (χ0n) is 13.6. The van der Waals surface area contributed by atoms with Crippen molar-refractivity contribution in [1.82, 2.24) is 5.32 Å². The average molecular weight is 343 g/mol. The first-order valence-electron chi connectivity index (χ1n) is 7.88. The quantitative estimate of drug-likeness (QED) is 0.656. The van der Waals surface area contributed by atoms with E-state index in [9.17, 15) is 0 Å². The summed E-state index contributed by atoms with van der Waals surface area (Å²) in [5, 5.41) is 15.9. The van der Waals surface area contributed by atoms with Gasteiger partial charge in [0.2, 0.25) is 0 Å². The van der Waals surface area contributed by atoms with Gasteiger partial charge in [-0.3, -0.25) is 0 Å². The highest BCUT2D eigenvalue weighted by Gasteiger charge is 2.07. The first-order valence-corrected chi connectivity index (χ1v) is 8.76. The van der Waals surface area contributed by atoms with Gasteiger partial charge >= 0.3 is 0 Å². The molecule has 1 heterocycles. The molecule has 2 aromatic carbocycles. The summed E-state index contributed by atoms with van der Waals surface area (Å²) < 4.78 is 12.1. The van der Waals surface area contributed by atoms with Crippen LogP contribution in [0.3, 0.4) is 0 Å². The van der Waals surface area contributed by atoms with Gasteiger partial charge in [-0.25, -0.2) is 0 Å². The lowest BCUT2D eigenvalue weighted by Crippen LogP contribution is -2.12. The molecule has 0 amide bonds. The number of benzene rings is 2. The van der Waals surface area contributed by atoms with Gasteiger partial charge in [-0.2, -0.15) is 0 Å². The Balaban J connectivity index is 1.62. The maximum atomic E-state index is 8.85. The number of ether oxygens (including phenoxy) is 2. The van der Waals surface area contributed by atoms with Crippen LogP contribution < -0.4 is 14.8 Å². The van der Waals surface area contributed by atoms with E-state index in [0.29, 0.717) is 11.5 Å². The van der Waals surface area contributed by atoms with Crippen LogP contribution in [-0.2, 0) is 13.1 Å². The summed E-state index contributed by atoms with van der Waals surface area (Å²) in [6, 6.07) is 14.3. The Kier molecular flexibility index (Phi) is 5.69. The largest absolute Gasteiger partial charge is 0.493 e. The Morgan fingerprint density at radius 3 is 2.79 bits per heavy atom. The monoisotopic (exact) mass is 343 g/mol. The fourth-order valence-electron chi connectivity index (χ4n) is 2.61. The Bertz CT molecular complexity index is 800. The molecule has 0 atom stereocenters. The van der Waals surface area contributed by atoms with Gasteiger partial charge in [0, 0.05) is 17.8 Å². The lowest BCUT2D eigenvalue weighted by atomic mass is 10.1. The second kappa shape index (κ2) is 8.15. The highest BCUT2D eigenvalue weighted by Crippen LogP contribution is 2.28. The zero-order chi connectivity index (χ0) is 16.8. The molecule has 5 heteroatoms. The lowest BCUT2D eigenvalue weighted by molar-refractivity contribution is 0.196. The fraction of sp³-hybridized carbons (Fsp3) is 0.263. The van der Waals surface area contributed by atoms with Crippen molar-refractivity contribution in [2.24, 2.45) is 0 Å². The normalized spacial score (nSPS) is 10.9. The number of fused-ring (bicyclic) bond motifs is 1. The van der Waals surface area contributed by atoms with E-state index in [1.807, 2.05) is 18.2 Å². The number of hydrogen-bond acceptors (Lipinski definition) is 5. The van der Waals surface area contributed by atoms with E-state index in [1.165, 1.54) is 15.6 Å². The number of hydrogen-bond donors (Lipinski definition) is 2. The van der Waals surface area contributed by atoms with Crippen molar-refractivity contribution in [2.45, 2.75) is 13.1 Å². The molecule has 0 fully saturated rings. The molecule has 4 nitrogen and oxygen atoms in total. The summed E-state index contributed by atoms with van der Waals surface area (Å²) in [7, 11) is 1.62. The number of thiophene rings is 1. The van der Waals surface area contributed by atoms with Crippen LogP contribution in [0, 0.1) is 0 Å². The highest BCUT2D eigenvalue weighted by atomic mass is 32.1. The van der Waals surface area contributed by atoms with E-state index >= 15 is 0 Å². The van der Waals surface area contributed by atoms with Gasteiger partial charge in [0.15, 0.2) is 11.5 Å². The number of methoxy groups -OCH3 is 1. The van der Waals surface area contributed by atoms with Crippen molar-refractivity contribution >= 4 is 21.4 Å². The molecule has 3 aromatic rings. The molecule has 0 radical (unpaired) electrons. The predicted molar refractivity (Wildman–Crippen MR) is 97.9 cm³/mol. The standard InChI is InChI=1S/C19H21NO3S/c1-22-18-10-14(6-7-17(18)23-9-8-21)11-20-12-15-13-24-19-5-3-2-4-16(15)19/h2-7,10,13,20-21H,8-9,11-12H2,1H3. The topological polar surface area (TPSA) is 50.7 Å². The van der Waals surface area contributed by atoms with Crippen molar-refractivity contribution in [1.29, 1.82) is 0 Å². The highest BCUT2D eigenvalue weighted by molar-refractivity contribution is 7.17. The third-order valence-corrected chi connectivity index (χ3v) is 4.79. The van der Waals surface area contributed by atoms with Crippen molar-refractivity contribution in [3.05, 3.63) is 59.0 Å². The van der Waals surface area contributed by atoms with E-state index in [0.717, 1.165) is 18.7 Å². The minimum atomic E-state index is -0.0128. The van der Waals surface area contributed by atoms with Crippen LogP contribution >= 0.6 is 11.3 Å². The maximum absolute atomic E-state index is 8.85. The minimum absolute atomic E-state index is 0.0128. The molecule has 24 heavy (non-hydrogen) atoms. The molecule has 0 spiro atoms. The molecule has 0 saturated heterocycles. The fourth-order valence-corrected chi connectivity index (χ4v) is 3.57. The van der Waals surface area contributed by atoms with Crippen molar-refractivity contribution < 1.29 is 14.6 Å². The summed E-state index contributed by atoms with van der Waals surface area (Å²) >= 11 is 1.78. The van der Waals surface area contributed by atoms with Crippen LogP contribution in [-0.4, -0.2) is 25.4 Å². The smallest absolute Gasteiger partial charge is 0.161 e. The molecule has 0 bridgehead atoms. The molecule has 0 unspecified atom stereocenters. The van der Waals surface area contributed by atoms with Crippen molar-refractivity contribution in [3.8, 4) is 11.5 Å². The first kappa shape index (κ1) is 16.8. The van der Waals surface area contributed by atoms with Crippen molar-refractivity contribution in [3.63, 3.8) is 0 Å². The summed E-state index contributed by atoms with van der Waals surface area (Å²) in [6.07, 6.45) is 0. The predicted octanol–water partition coefficient (Wildman–Crippen LogP) is 3.57. The molecule has 0 aliphatic heterocycles. The van der Waals surface area contributed by atoms with E-state index in [2.05, 4.69) is 35.0 Å². The maximum Gasteiger partial charge on any atom is 0.161 e. The second-order valence-electron chi connectivity index (χ2n) is 5.42. The second-order valence-corrected chi connectivity index (χ2v) is 6.33. The Morgan fingerprint density at radius 1 is 1.08 bits per heavy atom. The Hall–Kier alpha value is -2.08.